The van der Waals surface area contributed by atoms with Crippen LogP contribution in [0.5, 0.6) is 5.75 Å². The van der Waals surface area contributed by atoms with E-state index in [2.05, 4.69) is 14.8 Å². The van der Waals surface area contributed by atoms with Gasteiger partial charge in [-0.1, -0.05) is 18.2 Å². The zero-order chi connectivity index (χ0) is 12.7. The lowest BCUT2D eigenvalue weighted by Gasteiger charge is -2.11. The number of rotatable bonds is 5. The Kier molecular flexibility index (Phi) is 5.19. The van der Waals surface area contributed by atoms with Crippen LogP contribution in [0.1, 0.15) is 12.5 Å². The van der Waals surface area contributed by atoms with E-state index < -0.39 is 12.7 Å². The van der Waals surface area contributed by atoms with E-state index in [1.165, 1.54) is 6.07 Å². The molecule has 0 radical (unpaired) electrons. The first-order chi connectivity index (χ1) is 8.13. The van der Waals surface area contributed by atoms with Crippen molar-refractivity contribution in [1.82, 2.24) is 5.32 Å². The lowest BCUT2D eigenvalue weighted by atomic mass is 10.2. The zero-order valence-electron chi connectivity index (χ0n) is 9.28. The fraction of sp³-hybridized carbons (Fsp3) is 0.364. The summed E-state index contributed by atoms with van der Waals surface area (Å²) in [5, 5.41) is 2.43. The van der Waals surface area contributed by atoms with E-state index in [1.54, 1.807) is 25.1 Å². The van der Waals surface area contributed by atoms with Gasteiger partial charge < -0.3 is 14.8 Å². The molecular weight excluding hydrogens is 232 g/mol. The molecule has 94 valence electrons. The Hall–Kier alpha value is -1.85. The van der Waals surface area contributed by atoms with E-state index >= 15 is 0 Å². The summed E-state index contributed by atoms with van der Waals surface area (Å²) in [7, 11) is 0. The lowest BCUT2D eigenvalue weighted by molar-refractivity contribution is -0.0504. The van der Waals surface area contributed by atoms with Crippen molar-refractivity contribution in [3.05, 3.63) is 29.8 Å². The summed E-state index contributed by atoms with van der Waals surface area (Å²) < 4.78 is 33.1. The summed E-state index contributed by atoms with van der Waals surface area (Å²) in [5.74, 6) is 0.0410. The van der Waals surface area contributed by atoms with Crippen molar-refractivity contribution in [3.8, 4) is 5.75 Å². The van der Waals surface area contributed by atoms with Gasteiger partial charge in [-0.05, 0) is 13.0 Å². The number of carbonyl (C=O) groups is 1. The van der Waals surface area contributed by atoms with E-state index in [9.17, 15) is 13.6 Å². The smallest absolute Gasteiger partial charge is 0.407 e. The predicted octanol–water partition coefficient (Wildman–Crippen LogP) is 2.53. The van der Waals surface area contributed by atoms with Crippen LogP contribution in [0.2, 0.25) is 0 Å². The minimum Gasteiger partial charge on any atom is -0.450 e. The number of alkyl carbamates (subject to hydrolysis) is 1. The molecule has 17 heavy (non-hydrogen) atoms. The van der Waals surface area contributed by atoms with Crippen LogP contribution in [0.4, 0.5) is 13.6 Å². The average molecular weight is 245 g/mol. The van der Waals surface area contributed by atoms with Crippen LogP contribution < -0.4 is 10.1 Å². The number of nitrogens with one attached hydrogen (secondary N) is 1. The Morgan fingerprint density at radius 1 is 1.41 bits per heavy atom. The van der Waals surface area contributed by atoms with Crippen LogP contribution in [-0.2, 0) is 11.3 Å². The highest BCUT2D eigenvalue weighted by Crippen LogP contribution is 2.19. The highest BCUT2D eigenvalue weighted by Gasteiger charge is 2.09. The average Bonchev–Trinajstić information content (AvgIpc) is 2.27. The second-order valence-electron chi connectivity index (χ2n) is 3.06. The fourth-order valence-corrected chi connectivity index (χ4v) is 1.21. The first-order valence-corrected chi connectivity index (χ1v) is 5.06. The minimum absolute atomic E-state index is 0.0410. The number of benzene rings is 1. The van der Waals surface area contributed by atoms with Crippen molar-refractivity contribution >= 4 is 6.09 Å². The molecule has 0 unspecified atom stereocenters. The van der Waals surface area contributed by atoms with E-state index in [1.807, 2.05) is 0 Å². The number of carbonyl (C=O) groups excluding carboxylic acids is 1. The molecule has 4 nitrogen and oxygen atoms in total. The largest absolute Gasteiger partial charge is 0.450 e. The van der Waals surface area contributed by atoms with Gasteiger partial charge in [-0.2, -0.15) is 8.78 Å². The summed E-state index contributed by atoms with van der Waals surface area (Å²) >= 11 is 0. The van der Waals surface area contributed by atoms with Crippen LogP contribution in [0.25, 0.3) is 0 Å². The molecule has 1 rings (SSSR count). The molecule has 0 spiro atoms. The highest BCUT2D eigenvalue weighted by atomic mass is 19.3. The lowest BCUT2D eigenvalue weighted by Crippen LogP contribution is -2.24. The van der Waals surface area contributed by atoms with Gasteiger partial charge in [-0.3, -0.25) is 0 Å². The molecule has 1 N–H and O–H groups in total. The molecule has 0 aliphatic carbocycles. The monoisotopic (exact) mass is 245 g/mol. The molecule has 0 bridgehead atoms. The molecule has 1 aromatic rings. The van der Waals surface area contributed by atoms with Gasteiger partial charge in [0.1, 0.15) is 5.75 Å². The van der Waals surface area contributed by atoms with Gasteiger partial charge in [-0.25, -0.2) is 4.79 Å². The summed E-state index contributed by atoms with van der Waals surface area (Å²) in [6.07, 6.45) is -0.598. The second kappa shape index (κ2) is 6.67. The van der Waals surface area contributed by atoms with Crippen molar-refractivity contribution in [1.29, 1.82) is 0 Å². The topological polar surface area (TPSA) is 47.6 Å². The maximum absolute atomic E-state index is 12.1. The molecule has 1 amide bonds. The Morgan fingerprint density at radius 2 is 2.12 bits per heavy atom. The standard InChI is InChI=1S/C11H13F2NO3/c1-2-16-11(15)14-7-8-5-3-4-6-9(8)17-10(12)13/h3-6,10H,2,7H2,1H3,(H,14,15). The quantitative estimate of drug-likeness (QED) is 0.867. The third-order valence-corrected chi connectivity index (χ3v) is 1.89. The van der Waals surface area contributed by atoms with Gasteiger partial charge in [0.2, 0.25) is 0 Å². The van der Waals surface area contributed by atoms with Crippen molar-refractivity contribution in [2.24, 2.45) is 0 Å². The number of ether oxygens (including phenoxy) is 2. The number of amides is 1. The van der Waals surface area contributed by atoms with Gasteiger partial charge in [0.15, 0.2) is 0 Å². The van der Waals surface area contributed by atoms with Crippen LogP contribution in [-0.4, -0.2) is 19.3 Å². The molecule has 0 atom stereocenters. The van der Waals surface area contributed by atoms with Crippen LogP contribution in [0, 0.1) is 0 Å². The number of halogens is 2. The molecule has 6 heteroatoms. The Morgan fingerprint density at radius 3 is 2.76 bits per heavy atom. The Bertz CT molecular complexity index is 371. The van der Waals surface area contributed by atoms with Crippen LogP contribution in [0.3, 0.4) is 0 Å². The summed E-state index contributed by atoms with van der Waals surface area (Å²) in [6, 6.07) is 6.24. The molecular formula is C11H13F2NO3. The molecule has 0 fully saturated rings. The number of para-hydroxylation sites is 1. The van der Waals surface area contributed by atoms with Crippen molar-refractivity contribution in [3.63, 3.8) is 0 Å². The predicted molar refractivity (Wildman–Crippen MR) is 56.9 cm³/mol. The maximum atomic E-state index is 12.1. The number of alkyl halides is 2. The second-order valence-corrected chi connectivity index (χ2v) is 3.06. The van der Waals surface area contributed by atoms with Gasteiger partial charge in [0.25, 0.3) is 0 Å². The first-order valence-electron chi connectivity index (χ1n) is 5.06. The van der Waals surface area contributed by atoms with Crippen LogP contribution >= 0.6 is 0 Å². The molecule has 0 saturated heterocycles. The minimum atomic E-state index is -2.89. The van der Waals surface area contributed by atoms with Gasteiger partial charge in [0.05, 0.1) is 6.61 Å². The van der Waals surface area contributed by atoms with Gasteiger partial charge in [-0.15, -0.1) is 0 Å². The van der Waals surface area contributed by atoms with Gasteiger partial charge >= 0.3 is 12.7 Å². The fourth-order valence-electron chi connectivity index (χ4n) is 1.21. The van der Waals surface area contributed by atoms with E-state index in [4.69, 9.17) is 0 Å². The summed E-state index contributed by atoms with van der Waals surface area (Å²) in [4.78, 5) is 11.0. The van der Waals surface area contributed by atoms with Crippen molar-refractivity contribution in [2.45, 2.75) is 20.1 Å². The molecule has 0 aliphatic heterocycles. The zero-order valence-corrected chi connectivity index (χ0v) is 9.28. The van der Waals surface area contributed by atoms with E-state index in [0.717, 1.165) is 0 Å². The Labute approximate surface area is 97.5 Å². The van der Waals surface area contributed by atoms with E-state index in [0.29, 0.717) is 5.56 Å². The third kappa shape index (κ3) is 4.67. The first kappa shape index (κ1) is 13.2. The number of hydrogen-bond donors (Lipinski definition) is 1. The highest BCUT2D eigenvalue weighted by molar-refractivity contribution is 5.67. The Balaban J connectivity index is 2.60. The summed E-state index contributed by atoms with van der Waals surface area (Å²) in [6.45, 7) is -0.894. The molecule has 0 aliphatic rings. The SMILES string of the molecule is CCOC(=O)NCc1ccccc1OC(F)F. The van der Waals surface area contributed by atoms with Crippen LogP contribution in [0.15, 0.2) is 24.3 Å². The van der Waals surface area contributed by atoms with Crippen molar-refractivity contribution in [2.75, 3.05) is 6.61 Å². The maximum Gasteiger partial charge on any atom is 0.407 e. The molecule has 0 heterocycles. The normalized spacial score (nSPS) is 10.1. The van der Waals surface area contributed by atoms with E-state index in [-0.39, 0.29) is 18.9 Å². The van der Waals surface area contributed by atoms with Gasteiger partial charge in [0, 0.05) is 12.1 Å². The molecule has 0 saturated carbocycles. The number of hydrogen-bond acceptors (Lipinski definition) is 3. The molecule has 1 aromatic carbocycles. The third-order valence-electron chi connectivity index (χ3n) is 1.89. The molecule has 0 aromatic heterocycles. The van der Waals surface area contributed by atoms with Crippen molar-refractivity contribution < 1.29 is 23.0 Å². The summed E-state index contributed by atoms with van der Waals surface area (Å²) in [5.41, 5.74) is 0.459.